The van der Waals surface area contributed by atoms with Crippen molar-refractivity contribution in [2.45, 2.75) is 25.9 Å². The molecular formula is C20H21N5O. The fraction of sp³-hybridized carbons (Fsp3) is 0.250. The molecule has 0 amide bonds. The smallest absolute Gasteiger partial charge is 0.156 e. The van der Waals surface area contributed by atoms with Crippen LogP contribution in [0.25, 0.3) is 11.3 Å². The Morgan fingerprint density at radius 2 is 2.15 bits per heavy atom. The van der Waals surface area contributed by atoms with Gasteiger partial charge in [0.25, 0.3) is 0 Å². The van der Waals surface area contributed by atoms with Gasteiger partial charge in [-0.2, -0.15) is 5.10 Å². The summed E-state index contributed by atoms with van der Waals surface area (Å²) < 4.78 is 7.56. The lowest BCUT2D eigenvalue weighted by molar-refractivity contribution is 0.108. The van der Waals surface area contributed by atoms with Crippen molar-refractivity contribution in [1.82, 2.24) is 14.6 Å². The molecule has 1 fully saturated rings. The number of allylic oxidation sites excluding steroid dienone is 1. The van der Waals surface area contributed by atoms with Crippen molar-refractivity contribution in [3.8, 4) is 0 Å². The van der Waals surface area contributed by atoms with E-state index in [1.54, 1.807) is 12.3 Å². The molecular weight excluding hydrogens is 326 g/mol. The predicted molar refractivity (Wildman–Crippen MR) is 102 cm³/mol. The third-order valence-electron chi connectivity index (χ3n) is 4.41. The Kier molecular flexibility index (Phi) is 4.50. The normalized spacial score (nSPS) is 18.2. The number of benzene rings is 1. The van der Waals surface area contributed by atoms with Crippen LogP contribution in [0.4, 0.5) is 5.69 Å². The van der Waals surface area contributed by atoms with Gasteiger partial charge in [0.1, 0.15) is 6.10 Å². The molecule has 132 valence electrons. The van der Waals surface area contributed by atoms with E-state index in [1.807, 2.05) is 53.9 Å². The summed E-state index contributed by atoms with van der Waals surface area (Å²) in [5, 5.41) is 4.64. The van der Waals surface area contributed by atoms with E-state index < -0.39 is 0 Å². The largest absolute Gasteiger partial charge is 0.397 e. The molecule has 6 nitrogen and oxygen atoms in total. The fourth-order valence-electron chi connectivity index (χ4n) is 3.06. The molecule has 6 heteroatoms. The number of fused-ring (bicyclic) bond motifs is 1. The van der Waals surface area contributed by atoms with Crippen LogP contribution in [-0.2, 0) is 4.74 Å². The van der Waals surface area contributed by atoms with E-state index in [0.717, 1.165) is 42.2 Å². The highest BCUT2D eigenvalue weighted by Gasteiger charge is 2.21. The number of hydrogen-bond donors (Lipinski definition) is 1. The van der Waals surface area contributed by atoms with Gasteiger partial charge in [0.05, 0.1) is 22.8 Å². The molecule has 2 N–H and O–H groups in total. The summed E-state index contributed by atoms with van der Waals surface area (Å²) in [6.45, 7) is 2.79. The average Bonchev–Trinajstić information content (AvgIpc) is 3.32. The molecule has 0 spiro atoms. The van der Waals surface area contributed by atoms with Crippen molar-refractivity contribution in [3.05, 3.63) is 65.6 Å². The van der Waals surface area contributed by atoms with E-state index in [-0.39, 0.29) is 6.10 Å². The minimum atomic E-state index is 0.0745. The molecule has 1 aliphatic rings. The zero-order valence-electron chi connectivity index (χ0n) is 14.7. The first-order valence-electron chi connectivity index (χ1n) is 8.75. The number of hydrogen-bond acceptors (Lipinski definition) is 5. The van der Waals surface area contributed by atoms with Gasteiger partial charge in [0.2, 0.25) is 0 Å². The Labute approximate surface area is 152 Å². The fourth-order valence-corrected chi connectivity index (χ4v) is 3.06. The number of nitrogens with two attached hydrogens (primary N) is 1. The van der Waals surface area contributed by atoms with Crippen LogP contribution in [0.2, 0.25) is 0 Å². The maximum Gasteiger partial charge on any atom is 0.156 e. The van der Waals surface area contributed by atoms with E-state index in [9.17, 15) is 0 Å². The Balaban J connectivity index is 1.61. The second kappa shape index (κ2) is 7.09. The summed E-state index contributed by atoms with van der Waals surface area (Å²) in [6.07, 6.45) is 5.62. The Bertz CT molecular complexity index is 969. The lowest BCUT2D eigenvalue weighted by atomic mass is 10.2. The molecule has 3 heterocycles. The van der Waals surface area contributed by atoms with Crippen LogP contribution in [0, 0.1) is 6.92 Å². The van der Waals surface area contributed by atoms with Crippen LogP contribution in [0.1, 0.15) is 36.0 Å². The molecule has 1 aromatic carbocycles. The molecule has 1 saturated heterocycles. The maximum atomic E-state index is 6.20. The third kappa shape index (κ3) is 3.36. The molecule has 2 aromatic heterocycles. The van der Waals surface area contributed by atoms with Crippen molar-refractivity contribution in [1.29, 1.82) is 0 Å². The second-order valence-corrected chi connectivity index (χ2v) is 6.36. The van der Waals surface area contributed by atoms with Crippen molar-refractivity contribution < 1.29 is 4.74 Å². The number of rotatable bonds is 4. The first-order chi connectivity index (χ1) is 12.7. The second-order valence-electron chi connectivity index (χ2n) is 6.36. The third-order valence-corrected chi connectivity index (χ3v) is 4.41. The van der Waals surface area contributed by atoms with Gasteiger partial charge < -0.3 is 10.5 Å². The molecule has 1 unspecified atom stereocenters. The van der Waals surface area contributed by atoms with Crippen LogP contribution >= 0.6 is 0 Å². The first-order valence-corrected chi connectivity index (χ1v) is 8.75. The van der Waals surface area contributed by atoms with Gasteiger partial charge in [-0.1, -0.05) is 18.2 Å². The van der Waals surface area contributed by atoms with Crippen molar-refractivity contribution in [2.24, 2.45) is 10.7 Å². The molecule has 0 saturated carbocycles. The van der Waals surface area contributed by atoms with Crippen LogP contribution in [0.15, 0.2) is 53.5 Å². The van der Waals surface area contributed by atoms with Crippen LogP contribution in [0.3, 0.4) is 0 Å². The highest BCUT2D eigenvalue weighted by molar-refractivity contribution is 5.84. The topological polar surface area (TPSA) is 77.8 Å². The minimum Gasteiger partial charge on any atom is -0.397 e. The Hall–Kier alpha value is -2.99. The number of para-hydroxylation sites is 1. The molecule has 1 atom stereocenters. The van der Waals surface area contributed by atoms with Crippen molar-refractivity contribution in [3.63, 3.8) is 0 Å². The SMILES string of the molecule is Cc1cc(C(N)=CC=Nc2ccccc2)nc2cc(C3CCCO3)nn12. The number of ether oxygens (including phenoxy) is 1. The number of aromatic nitrogens is 3. The molecule has 0 aliphatic carbocycles. The number of aryl methyl sites for hydroxylation is 1. The monoisotopic (exact) mass is 347 g/mol. The number of aliphatic imine (C=N–C) groups is 1. The van der Waals surface area contributed by atoms with Crippen LogP contribution in [0.5, 0.6) is 0 Å². The van der Waals surface area contributed by atoms with E-state index in [2.05, 4.69) is 15.1 Å². The van der Waals surface area contributed by atoms with E-state index in [4.69, 9.17) is 10.5 Å². The lowest BCUT2D eigenvalue weighted by Gasteiger charge is -2.04. The molecule has 1 aliphatic heterocycles. The van der Waals surface area contributed by atoms with Gasteiger partial charge in [0.15, 0.2) is 5.65 Å². The molecule has 0 bridgehead atoms. The standard InChI is InChI=1S/C20H21N5O/c1-14-12-17(16(21)9-10-22-15-6-3-2-4-7-15)23-20-13-18(24-25(14)20)19-8-5-11-26-19/h2-4,6-7,9-10,12-13,19H,5,8,11,21H2,1H3. The van der Waals surface area contributed by atoms with Gasteiger partial charge in [-0.15, -0.1) is 0 Å². The molecule has 3 aromatic rings. The zero-order valence-corrected chi connectivity index (χ0v) is 14.7. The van der Waals surface area contributed by atoms with Gasteiger partial charge in [-0.25, -0.2) is 9.50 Å². The predicted octanol–water partition coefficient (Wildman–Crippen LogP) is 3.59. The Morgan fingerprint density at radius 1 is 1.31 bits per heavy atom. The average molecular weight is 347 g/mol. The minimum absolute atomic E-state index is 0.0745. The van der Waals surface area contributed by atoms with Gasteiger partial charge in [0, 0.05) is 24.6 Å². The lowest BCUT2D eigenvalue weighted by Crippen LogP contribution is -2.04. The number of nitrogens with zero attached hydrogens (tertiary/aromatic N) is 4. The zero-order chi connectivity index (χ0) is 17.9. The van der Waals surface area contributed by atoms with Crippen LogP contribution < -0.4 is 5.73 Å². The van der Waals surface area contributed by atoms with Crippen LogP contribution in [-0.4, -0.2) is 27.4 Å². The van der Waals surface area contributed by atoms with Gasteiger partial charge >= 0.3 is 0 Å². The molecule has 4 rings (SSSR count). The maximum absolute atomic E-state index is 6.20. The highest BCUT2D eigenvalue weighted by atomic mass is 16.5. The summed E-state index contributed by atoms with van der Waals surface area (Å²) in [7, 11) is 0. The first kappa shape index (κ1) is 16.5. The summed E-state index contributed by atoms with van der Waals surface area (Å²) in [6, 6.07) is 13.6. The van der Waals surface area contributed by atoms with E-state index >= 15 is 0 Å². The van der Waals surface area contributed by atoms with E-state index in [1.165, 1.54) is 0 Å². The van der Waals surface area contributed by atoms with Gasteiger partial charge in [-0.05, 0) is 44.0 Å². The molecule has 26 heavy (non-hydrogen) atoms. The van der Waals surface area contributed by atoms with Crippen molar-refractivity contribution >= 4 is 23.2 Å². The van der Waals surface area contributed by atoms with Crippen molar-refractivity contribution in [2.75, 3.05) is 6.61 Å². The summed E-state index contributed by atoms with van der Waals surface area (Å²) in [5.74, 6) is 0. The summed E-state index contributed by atoms with van der Waals surface area (Å²) in [5.41, 5.74) is 11.1. The highest BCUT2D eigenvalue weighted by Crippen LogP contribution is 2.28. The summed E-state index contributed by atoms with van der Waals surface area (Å²) >= 11 is 0. The molecule has 0 radical (unpaired) electrons. The Morgan fingerprint density at radius 3 is 2.92 bits per heavy atom. The summed E-state index contributed by atoms with van der Waals surface area (Å²) in [4.78, 5) is 9.01. The van der Waals surface area contributed by atoms with E-state index in [0.29, 0.717) is 11.4 Å². The van der Waals surface area contributed by atoms with Gasteiger partial charge in [-0.3, -0.25) is 4.99 Å². The quantitative estimate of drug-likeness (QED) is 0.732.